The lowest BCUT2D eigenvalue weighted by Gasteiger charge is -2.05. The van der Waals surface area contributed by atoms with Crippen LogP contribution in [0, 0.1) is 0 Å². The molecule has 1 aliphatic rings. The summed E-state index contributed by atoms with van der Waals surface area (Å²) < 4.78 is 0. The lowest BCUT2D eigenvalue weighted by atomic mass is 10.2. The number of benzene rings is 1. The van der Waals surface area contributed by atoms with Crippen LogP contribution in [-0.2, 0) is 4.79 Å². The van der Waals surface area contributed by atoms with Crippen molar-refractivity contribution in [1.82, 2.24) is 0 Å². The number of anilines is 1. The van der Waals surface area contributed by atoms with E-state index in [0.717, 1.165) is 24.2 Å². The van der Waals surface area contributed by atoms with E-state index < -0.39 is 0 Å². The molecule has 1 heterocycles. The minimum Gasteiger partial charge on any atom is -0.325 e. The molecule has 0 unspecified atom stereocenters. The van der Waals surface area contributed by atoms with Crippen LogP contribution in [0.3, 0.4) is 0 Å². The van der Waals surface area contributed by atoms with Gasteiger partial charge in [0.1, 0.15) is 0 Å². The van der Waals surface area contributed by atoms with Crippen molar-refractivity contribution in [1.29, 1.82) is 0 Å². The molecule has 0 radical (unpaired) electrons. The third kappa shape index (κ3) is 1.99. The molecule has 0 bridgehead atoms. The van der Waals surface area contributed by atoms with Crippen LogP contribution >= 0.6 is 0 Å². The Labute approximate surface area is 82.9 Å². The van der Waals surface area contributed by atoms with Gasteiger partial charge in [0.25, 0.3) is 0 Å². The number of hydrogen-bond acceptors (Lipinski definition) is 2. The molecule has 1 aromatic rings. The van der Waals surface area contributed by atoms with Crippen LogP contribution in [0.25, 0.3) is 0 Å². The first kappa shape index (κ1) is 8.94. The highest BCUT2D eigenvalue weighted by Crippen LogP contribution is 2.14. The van der Waals surface area contributed by atoms with Crippen LogP contribution in [0.4, 0.5) is 5.69 Å². The fourth-order valence-corrected chi connectivity index (χ4v) is 1.43. The van der Waals surface area contributed by atoms with E-state index in [-0.39, 0.29) is 5.91 Å². The second-order valence-corrected chi connectivity index (χ2v) is 3.27. The molecule has 0 atom stereocenters. The standard InChI is InChI=1S/C11H12N2O/c14-11-6-3-7-12-8-9-4-1-2-5-10(9)13-11/h1-2,4-5,8H,3,6-7H2,(H,13,14). The molecule has 1 aliphatic heterocycles. The monoisotopic (exact) mass is 188 g/mol. The normalized spacial score (nSPS) is 16.1. The fraction of sp³-hybridized carbons (Fsp3) is 0.273. The van der Waals surface area contributed by atoms with Gasteiger partial charge in [-0.05, 0) is 12.5 Å². The Bertz CT molecular complexity index is 371. The fourth-order valence-electron chi connectivity index (χ4n) is 1.43. The molecule has 0 fully saturated rings. The minimum atomic E-state index is 0.0722. The zero-order chi connectivity index (χ0) is 9.80. The summed E-state index contributed by atoms with van der Waals surface area (Å²) in [6.07, 6.45) is 3.18. The first-order valence-electron chi connectivity index (χ1n) is 4.75. The van der Waals surface area contributed by atoms with Gasteiger partial charge in [0.05, 0.1) is 0 Å². The molecular weight excluding hydrogens is 176 g/mol. The number of rotatable bonds is 0. The summed E-state index contributed by atoms with van der Waals surface area (Å²) in [5.74, 6) is 0.0722. The number of carbonyl (C=O) groups excluding carboxylic acids is 1. The van der Waals surface area contributed by atoms with Gasteiger partial charge in [0, 0.05) is 30.4 Å². The highest BCUT2D eigenvalue weighted by atomic mass is 16.1. The van der Waals surface area contributed by atoms with Gasteiger partial charge in [0.15, 0.2) is 0 Å². The van der Waals surface area contributed by atoms with E-state index in [0.29, 0.717) is 6.42 Å². The van der Waals surface area contributed by atoms with E-state index in [9.17, 15) is 4.79 Å². The lowest BCUT2D eigenvalue weighted by molar-refractivity contribution is -0.116. The number of nitrogens with zero attached hydrogens (tertiary/aromatic N) is 1. The van der Waals surface area contributed by atoms with Crippen LogP contribution in [0.2, 0.25) is 0 Å². The Balaban J connectivity index is 2.35. The number of hydrogen-bond donors (Lipinski definition) is 1. The molecule has 0 aromatic heterocycles. The summed E-state index contributed by atoms with van der Waals surface area (Å²) in [6.45, 7) is 0.724. The topological polar surface area (TPSA) is 41.5 Å². The molecule has 0 saturated heterocycles. The summed E-state index contributed by atoms with van der Waals surface area (Å²) in [5, 5.41) is 2.87. The first-order valence-corrected chi connectivity index (χ1v) is 4.75. The van der Waals surface area contributed by atoms with Gasteiger partial charge in [-0.3, -0.25) is 9.79 Å². The van der Waals surface area contributed by atoms with Gasteiger partial charge in [-0.2, -0.15) is 0 Å². The molecule has 1 amide bonds. The quantitative estimate of drug-likeness (QED) is 0.663. The maximum absolute atomic E-state index is 11.4. The Morgan fingerprint density at radius 1 is 1.29 bits per heavy atom. The van der Waals surface area contributed by atoms with Crippen molar-refractivity contribution in [2.24, 2.45) is 4.99 Å². The number of para-hydroxylation sites is 1. The average molecular weight is 188 g/mol. The van der Waals surface area contributed by atoms with Crippen LogP contribution in [0.5, 0.6) is 0 Å². The third-order valence-electron chi connectivity index (χ3n) is 2.16. The highest BCUT2D eigenvalue weighted by Gasteiger charge is 2.06. The Morgan fingerprint density at radius 3 is 3.07 bits per heavy atom. The van der Waals surface area contributed by atoms with Crippen LogP contribution < -0.4 is 5.32 Å². The number of fused-ring (bicyclic) bond motifs is 1. The number of carbonyl (C=O) groups is 1. The third-order valence-corrected chi connectivity index (χ3v) is 2.16. The van der Waals surface area contributed by atoms with Gasteiger partial charge in [-0.15, -0.1) is 0 Å². The van der Waals surface area contributed by atoms with E-state index in [1.165, 1.54) is 0 Å². The number of nitrogens with one attached hydrogen (secondary N) is 1. The minimum absolute atomic E-state index is 0.0722. The molecule has 1 N–H and O–H groups in total. The summed E-state index contributed by atoms with van der Waals surface area (Å²) in [6, 6.07) is 7.69. The Kier molecular flexibility index (Phi) is 2.58. The maximum atomic E-state index is 11.4. The lowest BCUT2D eigenvalue weighted by Crippen LogP contribution is -2.11. The number of amides is 1. The summed E-state index contributed by atoms with van der Waals surface area (Å²) in [5.41, 5.74) is 1.82. The second kappa shape index (κ2) is 4.05. The van der Waals surface area contributed by atoms with Gasteiger partial charge < -0.3 is 5.32 Å². The zero-order valence-electron chi connectivity index (χ0n) is 7.86. The summed E-state index contributed by atoms with van der Waals surface area (Å²) >= 11 is 0. The van der Waals surface area contributed by atoms with Crippen molar-refractivity contribution in [3.8, 4) is 0 Å². The molecular formula is C11H12N2O. The smallest absolute Gasteiger partial charge is 0.224 e. The van der Waals surface area contributed by atoms with Gasteiger partial charge in [-0.1, -0.05) is 18.2 Å². The van der Waals surface area contributed by atoms with Crippen molar-refractivity contribution in [2.75, 3.05) is 11.9 Å². The summed E-state index contributed by atoms with van der Waals surface area (Å²) in [7, 11) is 0. The van der Waals surface area contributed by atoms with Gasteiger partial charge in [-0.25, -0.2) is 0 Å². The number of aliphatic imine (C=N–C) groups is 1. The molecule has 0 saturated carbocycles. The molecule has 14 heavy (non-hydrogen) atoms. The maximum Gasteiger partial charge on any atom is 0.224 e. The van der Waals surface area contributed by atoms with Gasteiger partial charge in [0.2, 0.25) is 5.91 Å². The Morgan fingerprint density at radius 2 is 2.14 bits per heavy atom. The Hall–Kier alpha value is -1.64. The van der Waals surface area contributed by atoms with Crippen molar-refractivity contribution in [2.45, 2.75) is 12.8 Å². The van der Waals surface area contributed by atoms with E-state index >= 15 is 0 Å². The first-order chi connectivity index (χ1) is 6.86. The molecule has 0 spiro atoms. The molecule has 72 valence electrons. The summed E-state index contributed by atoms with van der Waals surface area (Å²) in [4.78, 5) is 15.6. The van der Waals surface area contributed by atoms with Crippen LogP contribution in [0.1, 0.15) is 18.4 Å². The molecule has 0 aliphatic carbocycles. The van der Waals surface area contributed by atoms with Crippen molar-refractivity contribution >= 4 is 17.8 Å². The van der Waals surface area contributed by atoms with Crippen molar-refractivity contribution in [3.63, 3.8) is 0 Å². The van der Waals surface area contributed by atoms with Crippen molar-refractivity contribution < 1.29 is 4.79 Å². The van der Waals surface area contributed by atoms with E-state index in [1.54, 1.807) is 0 Å². The highest BCUT2D eigenvalue weighted by molar-refractivity contribution is 5.97. The zero-order valence-corrected chi connectivity index (χ0v) is 7.86. The van der Waals surface area contributed by atoms with E-state index in [2.05, 4.69) is 10.3 Å². The predicted molar refractivity (Wildman–Crippen MR) is 56.8 cm³/mol. The van der Waals surface area contributed by atoms with Gasteiger partial charge >= 0.3 is 0 Å². The van der Waals surface area contributed by atoms with E-state index in [1.807, 2.05) is 30.5 Å². The SMILES string of the molecule is O=C1CCCN=Cc2ccccc2N1. The molecule has 3 nitrogen and oxygen atoms in total. The molecule has 2 rings (SSSR count). The molecule has 3 heteroatoms. The van der Waals surface area contributed by atoms with E-state index in [4.69, 9.17) is 0 Å². The molecule has 1 aromatic carbocycles. The second-order valence-electron chi connectivity index (χ2n) is 3.27. The average Bonchev–Trinajstić information content (AvgIpc) is 2.27. The van der Waals surface area contributed by atoms with Crippen LogP contribution in [0.15, 0.2) is 29.3 Å². The van der Waals surface area contributed by atoms with Crippen LogP contribution in [-0.4, -0.2) is 18.7 Å². The predicted octanol–water partition coefficient (Wildman–Crippen LogP) is 1.84. The largest absolute Gasteiger partial charge is 0.325 e. The van der Waals surface area contributed by atoms with Crippen molar-refractivity contribution in [3.05, 3.63) is 29.8 Å².